The third-order valence-corrected chi connectivity index (χ3v) is 3.84. The van der Waals surface area contributed by atoms with Crippen LogP contribution in [0.2, 0.25) is 0 Å². The summed E-state index contributed by atoms with van der Waals surface area (Å²) in [6.07, 6.45) is 5.84. The first-order valence-electron chi connectivity index (χ1n) is 7.86. The van der Waals surface area contributed by atoms with E-state index in [1.165, 1.54) is 12.8 Å². The summed E-state index contributed by atoms with van der Waals surface area (Å²) in [5, 5.41) is 3.02. The van der Waals surface area contributed by atoms with Gasteiger partial charge in [0.2, 0.25) is 11.8 Å². The zero-order valence-electron chi connectivity index (χ0n) is 13.4. The van der Waals surface area contributed by atoms with Gasteiger partial charge in [0.1, 0.15) is 0 Å². The van der Waals surface area contributed by atoms with Crippen LogP contribution in [0.15, 0.2) is 0 Å². The number of carbonyl (C=O) groups is 2. The summed E-state index contributed by atoms with van der Waals surface area (Å²) in [5.74, 6) is -0.310. The second kappa shape index (κ2) is 7.09. The largest absolute Gasteiger partial charge is 0.369 e. The molecule has 0 heterocycles. The summed E-state index contributed by atoms with van der Waals surface area (Å²) >= 11 is 0. The van der Waals surface area contributed by atoms with Gasteiger partial charge in [-0.05, 0) is 39.5 Å². The molecular formula is C16H30N2O2. The van der Waals surface area contributed by atoms with Crippen molar-refractivity contribution in [2.45, 2.75) is 71.8 Å². The molecule has 2 amide bonds. The number of nitrogens with one attached hydrogen (secondary N) is 1. The number of primary amides is 1. The minimum absolute atomic E-state index is 0.00990. The summed E-state index contributed by atoms with van der Waals surface area (Å²) in [5.41, 5.74) is 5.29. The highest BCUT2D eigenvalue weighted by atomic mass is 16.2. The van der Waals surface area contributed by atoms with E-state index in [0.717, 1.165) is 25.7 Å². The molecule has 1 rings (SSSR count). The molecule has 1 fully saturated rings. The van der Waals surface area contributed by atoms with Gasteiger partial charge in [0, 0.05) is 17.4 Å². The molecule has 1 aliphatic rings. The lowest BCUT2D eigenvalue weighted by atomic mass is 9.82. The first-order chi connectivity index (χ1) is 9.24. The number of nitrogens with two attached hydrogens (primary N) is 1. The molecule has 1 unspecified atom stereocenters. The molecule has 1 saturated carbocycles. The molecule has 4 heteroatoms. The van der Waals surface area contributed by atoms with E-state index in [0.29, 0.717) is 5.92 Å². The molecule has 0 bridgehead atoms. The van der Waals surface area contributed by atoms with Crippen LogP contribution in [0.25, 0.3) is 0 Å². The van der Waals surface area contributed by atoms with Crippen LogP contribution in [-0.4, -0.2) is 17.4 Å². The third kappa shape index (κ3) is 5.93. The van der Waals surface area contributed by atoms with Gasteiger partial charge in [0.05, 0.1) is 0 Å². The Morgan fingerprint density at radius 2 is 1.85 bits per heavy atom. The predicted molar refractivity (Wildman–Crippen MR) is 80.9 cm³/mol. The van der Waals surface area contributed by atoms with E-state index in [-0.39, 0.29) is 29.2 Å². The SMILES string of the molecule is CCCC[C@H](C(N)=O)C(CC1CC1)C(=O)NC(C)(C)C. The summed E-state index contributed by atoms with van der Waals surface area (Å²) in [4.78, 5) is 24.3. The van der Waals surface area contributed by atoms with Crippen LogP contribution in [-0.2, 0) is 9.59 Å². The van der Waals surface area contributed by atoms with E-state index < -0.39 is 0 Å². The van der Waals surface area contributed by atoms with Gasteiger partial charge < -0.3 is 11.1 Å². The molecule has 0 saturated heterocycles. The predicted octanol–water partition coefficient (Wildman–Crippen LogP) is 2.61. The van der Waals surface area contributed by atoms with Crippen LogP contribution >= 0.6 is 0 Å². The maximum Gasteiger partial charge on any atom is 0.224 e. The first kappa shape index (κ1) is 17.0. The second-order valence-electron chi connectivity index (χ2n) is 7.18. The number of amides is 2. The molecule has 0 spiro atoms. The molecule has 20 heavy (non-hydrogen) atoms. The van der Waals surface area contributed by atoms with Crippen molar-refractivity contribution < 1.29 is 9.59 Å². The van der Waals surface area contributed by atoms with E-state index >= 15 is 0 Å². The average molecular weight is 282 g/mol. The van der Waals surface area contributed by atoms with Gasteiger partial charge in [-0.3, -0.25) is 9.59 Å². The molecule has 4 nitrogen and oxygen atoms in total. The monoisotopic (exact) mass is 282 g/mol. The maximum absolute atomic E-state index is 12.5. The Bertz CT molecular complexity index is 343. The Morgan fingerprint density at radius 3 is 2.25 bits per heavy atom. The van der Waals surface area contributed by atoms with Gasteiger partial charge in [-0.15, -0.1) is 0 Å². The molecule has 2 atom stereocenters. The van der Waals surface area contributed by atoms with Gasteiger partial charge in [0.25, 0.3) is 0 Å². The highest BCUT2D eigenvalue weighted by Gasteiger charge is 2.37. The van der Waals surface area contributed by atoms with Crippen LogP contribution in [0.4, 0.5) is 0 Å². The molecule has 0 aromatic carbocycles. The Hall–Kier alpha value is -1.06. The lowest BCUT2D eigenvalue weighted by Gasteiger charge is -2.28. The van der Waals surface area contributed by atoms with E-state index in [1.54, 1.807) is 0 Å². The van der Waals surface area contributed by atoms with Crippen molar-refractivity contribution in [3.63, 3.8) is 0 Å². The van der Waals surface area contributed by atoms with Gasteiger partial charge >= 0.3 is 0 Å². The molecule has 0 aliphatic heterocycles. The van der Waals surface area contributed by atoms with Crippen molar-refractivity contribution in [3.8, 4) is 0 Å². The lowest BCUT2D eigenvalue weighted by molar-refractivity contribution is -0.135. The topological polar surface area (TPSA) is 72.2 Å². The van der Waals surface area contributed by atoms with E-state index in [9.17, 15) is 9.59 Å². The van der Waals surface area contributed by atoms with E-state index in [2.05, 4.69) is 12.2 Å². The van der Waals surface area contributed by atoms with Crippen LogP contribution in [0.5, 0.6) is 0 Å². The van der Waals surface area contributed by atoms with Crippen molar-refractivity contribution >= 4 is 11.8 Å². The van der Waals surface area contributed by atoms with Gasteiger partial charge in [0.15, 0.2) is 0 Å². The Labute approximate surface area is 122 Å². The van der Waals surface area contributed by atoms with Crippen molar-refractivity contribution in [3.05, 3.63) is 0 Å². The maximum atomic E-state index is 12.5. The fourth-order valence-electron chi connectivity index (χ4n) is 2.59. The number of carbonyl (C=O) groups excluding carboxylic acids is 2. The van der Waals surface area contributed by atoms with E-state index in [1.807, 2.05) is 20.8 Å². The normalized spacial score (nSPS) is 18.4. The fourth-order valence-corrected chi connectivity index (χ4v) is 2.59. The number of hydrogen-bond donors (Lipinski definition) is 2. The first-order valence-corrected chi connectivity index (χ1v) is 7.86. The van der Waals surface area contributed by atoms with Crippen molar-refractivity contribution in [1.29, 1.82) is 0 Å². The zero-order chi connectivity index (χ0) is 15.3. The molecule has 0 radical (unpaired) electrons. The standard InChI is InChI=1S/C16H30N2O2/c1-5-6-7-12(14(17)19)13(10-11-8-9-11)15(20)18-16(2,3)4/h11-13H,5-10H2,1-4H3,(H2,17,19)(H,18,20)/t12-,13?/m0/s1. The van der Waals surface area contributed by atoms with Gasteiger partial charge in [-0.2, -0.15) is 0 Å². The third-order valence-electron chi connectivity index (χ3n) is 3.84. The minimum Gasteiger partial charge on any atom is -0.369 e. The van der Waals surface area contributed by atoms with Crippen molar-refractivity contribution in [1.82, 2.24) is 5.32 Å². The Balaban J connectivity index is 2.78. The van der Waals surface area contributed by atoms with Gasteiger partial charge in [-0.1, -0.05) is 32.6 Å². The summed E-state index contributed by atoms with van der Waals surface area (Å²) in [7, 11) is 0. The van der Waals surface area contributed by atoms with Crippen LogP contribution in [0, 0.1) is 17.8 Å². The van der Waals surface area contributed by atoms with Crippen molar-refractivity contribution in [2.75, 3.05) is 0 Å². The zero-order valence-corrected chi connectivity index (χ0v) is 13.4. The summed E-state index contributed by atoms with van der Waals surface area (Å²) < 4.78 is 0. The molecule has 0 aromatic heterocycles. The number of unbranched alkanes of at least 4 members (excludes halogenated alkanes) is 1. The molecule has 116 valence electrons. The van der Waals surface area contributed by atoms with Crippen molar-refractivity contribution in [2.24, 2.45) is 23.5 Å². The molecular weight excluding hydrogens is 252 g/mol. The fraction of sp³-hybridized carbons (Fsp3) is 0.875. The highest BCUT2D eigenvalue weighted by Crippen LogP contribution is 2.38. The summed E-state index contributed by atoms with van der Waals surface area (Å²) in [6, 6.07) is 0. The molecule has 3 N–H and O–H groups in total. The number of rotatable bonds is 8. The lowest BCUT2D eigenvalue weighted by Crippen LogP contribution is -2.47. The Kier molecular flexibility index (Phi) is 6.03. The van der Waals surface area contributed by atoms with Crippen LogP contribution in [0.3, 0.4) is 0 Å². The second-order valence-corrected chi connectivity index (χ2v) is 7.18. The van der Waals surface area contributed by atoms with Crippen LogP contribution in [0.1, 0.15) is 66.2 Å². The average Bonchev–Trinajstić information content (AvgIpc) is 3.09. The van der Waals surface area contributed by atoms with Crippen LogP contribution < -0.4 is 11.1 Å². The quantitative estimate of drug-likeness (QED) is 0.718. The molecule has 1 aliphatic carbocycles. The smallest absolute Gasteiger partial charge is 0.224 e. The minimum atomic E-state index is -0.326. The summed E-state index contributed by atoms with van der Waals surface area (Å²) in [6.45, 7) is 7.97. The highest BCUT2D eigenvalue weighted by molar-refractivity contribution is 5.87. The van der Waals surface area contributed by atoms with E-state index in [4.69, 9.17) is 5.73 Å². The van der Waals surface area contributed by atoms with Gasteiger partial charge in [-0.25, -0.2) is 0 Å². The number of hydrogen-bond acceptors (Lipinski definition) is 2. The Morgan fingerprint density at radius 1 is 1.25 bits per heavy atom. The molecule has 0 aromatic rings.